The summed E-state index contributed by atoms with van der Waals surface area (Å²) in [4.78, 5) is 19.1. The highest BCUT2D eigenvalue weighted by molar-refractivity contribution is 5.84. The minimum Gasteiger partial charge on any atom is -0.469 e. The van der Waals surface area contributed by atoms with Crippen molar-refractivity contribution < 1.29 is 14.3 Å². The maximum atomic E-state index is 9.59. The van der Waals surface area contributed by atoms with Gasteiger partial charge in [-0.05, 0) is 6.08 Å². The number of rotatable bonds is 1. The number of hydrogen-bond acceptors (Lipinski definition) is 3. The Bertz CT molecular complexity index is 131. The first-order chi connectivity index (χ1) is 4.54. The van der Waals surface area contributed by atoms with Crippen molar-refractivity contribution in [2.45, 2.75) is 6.92 Å². The van der Waals surface area contributed by atoms with Crippen molar-refractivity contribution in [3.05, 3.63) is 12.7 Å². The van der Waals surface area contributed by atoms with E-state index in [-0.39, 0.29) is 5.97 Å². The Hall–Kier alpha value is -1.32. The van der Waals surface area contributed by atoms with Gasteiger partial charge in [-0.2, -0.15) is 0 Å². The van der Waals surface area contributed by atoms with E-state index >= 15 is 0 Å². The van der Waals surface area contributed by atoms with E-state index in [0.29, 0.717) is 0 Å². The average Bonchev–Trinajstić information content (AvgIpc) is 1.89. The van der Waals surface area contributed by atoms with E-state index in [2.05, 4.69) is 17.0 Å². The fourth-order valence-electron chi connectivity index (χ4n) is 0. The van der Waals surface area contributed by atoms with Gasteiger partial charge in [-0.25, -0.2) is 0 Å². The monoisotopic (exact) mass is 145 g/mol. The number of methoxy groups -OCH3 is 1. The molecule has 4 heteroatoms. The van der Waals surface area contributed by atoms with Crippen LogP contribution in [0.5, 0.6) is 0 Å². The second-order valence-corrected chi connectivity index (χ2v) is 1.30. The van der Waals surface area contributed by atoms with Crippen LogP contribution in [0.3, 0.4) is 0 Å². The molecule has 0 heterocycles. The van der Waals surface area contributed by atoms with Crippen LogP contribution in [-0.2, 0) is 14.3 Å². The molecule has 0 aliphatic rings. The summed E-state index contributed by atoms with van der Waals surface area (Å²) in [5, 5.41) is 0. The van der Waals surface area contributed by atoms with Crippen molar-refractivity contribution in [2.24, 2.45) is 5.73 Å². The van der Waals surface area contributed by atoms with Crippen LogP contribution in [0.1, 0.15) is 6.92 Å². The van der Waals surface area contributed by atoms with Crippen LogP contribution >= 0.6 is 0 Å². The first kappa shape index (κ1) is 11.5. The molecule has 0 rings (SSSR count). The van der Waals surface area contributed by atoms with Crippen molar-refractivity contribution in [1.29, 1.82) is 0 Å². The summed E-state index contributed by atoms with van der Waals surface area (Å²) < 4.78 is 4.11. The predicted octanol–water partition coefficient (Wildman–Crippen LogP) is -0.163. The van der Waals surface area contributed by atoms with Gasteiger partial charge in [0.1, 0.15) is 0 Å². The Kier molecular flexibility index (Phi) is 8.81. The molecule has 0 unspecified atom stereocenters. The first-order valence-electron chi connectivity index (χ1n) is 2.51. The van der Waals surface area contributed by atoms with Crippen LogP contribution in [0.15, 0.2) is 12.7 Å². The highest BCUT2D eigenvalue weighted by Gasteiger charge is 1.75. The van der Waals surface area contributed by atoms with Gasteiger partial charge >= 0.3 is 5.97 Å². The van der Waals surface area contributed by atoms with Gasteiger partial charge < -0.3 is 10.5 Å². The molecular weight excluding hydrogens is 134 g/mol. The van der Waals surface area contributed by atoms with E-state index in [0.717, 1.165) is 6.08 Å². The summed E-state index contributed by atoms with van der Waals surface area (Å²) in [7, 11) is 1.35. The summed E-state index contributed by atoms with van der Waals surface area (Å²) in [6, 6.07) is 0. The lowest BCUT2D eigenvalue weighted by atomic mass is 10.6. The molecule has 0 fully saturated rings. The maximum Gasteiger partial charge on any atom is 0.302 e. The standard InChI is InChI=1S/C3H5NO.C3H6O2/c1-2-3(4)5;1-3(4)5-2/h2H,1H2,(H2,4,5);1-2H3. The molecule has 10 heavy (non-hydrogen) atoms. The second kappa shape index (κ2) is 7.68. The number of ether oxygens (including phenoxy) is 1. The van der Waals surface area contributed by atoms with Crippen LogP contribution in [0.25, 0.3) is 0 Å². The molecule has 0 spiro atoms. The van der Waals surface area contributed by atoms with Crippen LogP contribution in [-0.4, -0.2) is 19.0 Å². The number of carbonyl (C=O) groups excluding carboxylic acids is 2. The number of esters is 1. The van der Waals surface area contributed by atoms with E-state index < -0.39 is 5.91 Å². The fourth-order valence-corrected chi connectivity index (χ4v) is 0. The molecule has 0 aliphatic carbocycles. The summed E-state index contributed by atoms with van der Waals surface area (Å²) in [6.07, 6.45) is 1.06. The van der Waals surface area contributed by atoms with Gasteiger partial charge in [0.05, 0.1) is 7.11 Å². The largest absolute Gasteiger partial charge is 0.469 e. The third-order valence-corrected chi connectivity index (χ3v) is 0.489. The molecule has 0 bridgehead atoms. The van der Waals surface area contributed by atoms with Crippen LogP contribution in [0.4, 0.5) is 0 Å². The van der Waals surface area contributed by atoms with Gasteiger partial charge in [-0.15, -0.1) is 0 Å². The number of amides is 1. The zero-order chi connectivity index (χ0) is 8.57. The summed E-state index contributed by atoms with van der Waals surface area (Å²) in [5.41, 5.74) is 4.53. The van der Waals surface area contributed by atoms with Gasteiger partial charge in [-0.1, -0.05) is 6.58 Å². The Morgan fingerprint density at radius 1 is 1.60 bits per heavy atom. The minimum absolute atomic E-state index is 0.245. The molecule has 0 aliphatic heterocycles. The van der Waals surface area contributed by atoms with E-state index in [1.807, 2.05) is 0 Å². The normalized spacial score (nSPS) is 6.60. The minimum atomic E-state index is -0.481. The Morgan fingerprint density at radius 3 is 1.80 bits per heavy atom. The van der Waals surface area contributed by atoms with Gasteiger partial charge in [0.25, 0.3) is 0 Å². The Balaban J connectivity index is 0. The Labute approximate surface area is 59.7 Å². The molecule has 2 N–H and O–H groups in total. The maximum absolute atomic E-state index is 9.59. The molecule has 0 aromatic rings. The summed E-state index contributed by atoms with van der Waals surface area (Å²) >= 11 is 0. The average molecular weight is 145 g/mol. The quantitative estimate of drug-likeness (QED) is 0.411. The summed E-state index contributed by atoms with van der Waals surface area (Å²) in [5.74, 6) is -0.727. The van der Waals surface area contributed by atoms with Crippen LogP contribution in [0.2, 0.25) is 0 Å². The number of nitrogens with two attached hydrogens (primary N) is 1. The van der Waals surface area contributed by atoms with Crippen LogP contribution < -0.4 is 5.73 Å². The molecule has 1 amide bonds. The molecule has 0 radical (unpaired) electrons. The smallest absolute Gasteiger partial charge is 0.302 e. The third kappa shape index (κ3) is 30.0. The van der Waals surface area contributed by atoms with Gasteiger partial charge in [-0.3, -0.25) is 9.59 Å². The predicted molar refractivity (Wildman–Crippen MR) is 37.1 cm³/mol. The zero-order valence-electron chi connectivity index (χ0n) is 6.09. The highest BCUT2D eigenvalue weighted by atomic mass is 16.5. The number of carbonyl (C=O) groups is 2. The van der Waals surface area contributed by atoms with Gasteiger partial charge in [0.15, 0.2) is 0 Å². The Morgan fingerprint density at radius 2 is 1.80 bits per heavy atom. The van der Waals surface area contributed by atoms with E-state index in [4.69, 9.17) is 0 Å². The SMILES string of the molecule is C=CC(N)=O.COC(C)=O. The topological polar surface area (TPSA) is 69.4 Å². The van der Waals surface area contributed by atoms with E-state index in [1.54, 1.807) is 0 Å². The van der Waals surface area contributed by atoms with Crippen molar-refractivity contribution in [3.63, 3.8) is 0 Å². The zero-order valence-corrected chi connectivity index (χ0v) is 6.09. The van der Waals surface area contributed by atoms with E-state index in [1.165, 1.54) is 14.0 Å². The highest BCUT2D eigenvalue weighted by Crippen LogP contribution is 1.60. The first-order valence-corrected chi connectivity index (χ1v) is 2.51. The van der Waals surface area contributed by atoms with Crippen molar-refractivity contribution in [1.82, 2.24) is 0 Å². The van der Waals surface area contributed by atoms with E-state index in [9.17, 15) is 9.59 Å². The third-order valence-electron chi connectivity index (χ3n) is 0.489. The van der Waals surface area contributed by atoms with Gasteiger partial charge in [0.2, 0.25) is 5.91 Å². The lowest BCUT2D eigenvalue weighted by Crippen LogP contribution is -2.04. The molecular formula is C6H11NO3. The molecule has 0 atom stereocenters. The molecule has 58 valence electrons. The second-order valence-electron chi connectivity index (χ2n) is 1.30. The molecule has 0 saturated heterocycles. The molecule has 0 aromatic heterocycles. The summed E-state index contributed by atoms with van der Waals surface area (Å²) in [6.45, 7) is 4.45. The van der Waals surface area contributed by atoms with Crippen LogP contribution in [0, 0.1) is 0 Å². The molecule has 0 aromatic carbocycles. The fraction of sp³-hybridized carbons (Fsp3) is 0.333. The molecule has 4 nitrogen and oxygen atoms in total. The van der Waals surface area contributed by atoms with Crippen molar-refractivity contribution in [2.75, 3.05) is 7.11 Å². The lowest BCUT2D eigenvalue weighted by molar-refractivity contribution is -0.137. The number of primary amides is 1. The number of hydrogen-bond donors (Lipinski definition) is 1. The van der Waals surface area contributed by atoms with Crippen molar-refractivity contribution >= 4 is 11.9 Å². The lowest BCUT2D eigenvalue weighted by Gasteiger charge is -1.80. The van der Waals surface area contributed by atoms with Crippen molar-refractivity contribution in [3.8, 4) is 0 Å². The molecule has 0 saturated carbocycles. The van der Waals surface area contributed by atoms with Gasteiger partial charge in [0, 0.05) is 6.92 Å².